The first-order chi connectivity index (χ1) is 14.8. The van der Waals surface area contributed by atoms with Crippen LogP contribution in [0.15, 0.2) is 12.1 Å². The Labute approximate surface area is 195 Å². The highest BCUT2D eigenvalue weighted by Gasteiger charge is 2.39. The van der Waals surface area contributed by atoms with Crippen molar-refractivity contribution in [3.8, 4) is 21.0 Å². The van der Waals surface area contributed by atoms with Crippen LogP contribution in [0.4, 0.5) is 13.9 Å². The van der Waals surface area contributed by atoms with E-state index < -0.39 is 11.6 Å². The fourth-order valence-corrected chi connectivity index (χ4v) is 6.66. The van der Waals surface area contributed by atoms with Crippen LogP contribution in [0.2, 0.25) is 0 Å². The van der Waals surface area contributed by atoms with Crippen LogP contribution in [-0.4, -0.2) is 39.3 Å². The Morgan fingerprint density at radius 2 is 1.56 bits per heavy atom. The Balaban J connectivity index is 1.62. The van der Waals surface area contributed by atoms with Crippen molar-refractivity contribution < 1.29 is 8.78 Å². The van der Waals surface area contributed by atoms with E-state index in [2.05, 4.69) is 53.1 Å². The molecule has 172 valence electrons. The molecule has 1 saturated heterocycles. The summed E-state index contributed by atoms with van der Waals surface area (Å²) in [6.45, 7) is 12.5. The van der Waals surface area contributed by atoms with E-state index in [-0.39, 0.29) is 28.2 Å². The summed E-state index contributed by atoms with van der Waals surface area (Å²) in [4.78, 5) is 7.10. The van der Waals surface area contributed by atoms with Crippen molar-refractivity contribution in [2.75, 3.05) is 11.9 Å². The predicted octanol–water partition coefficient (Wildman–Crippen LogP) is 5.97. The van der Waals surface area contributed by atoms with E-state index in [0.29, 0.717) is 20.7 Å². The Bertz CT molecular complexity index is 1140. The van der Waals surface area contributed by atoms with Crippen molar-refractivity contribution in [1.29, 1.82) is 0 Å². The predicted molar refractivity (Wildman–Crippen MR) is 129 cm³/mol. The second kappa shape index (κ2) is 8.11. The lowest BCUT2D eigenvalue weighted by atomic mass is 9.79. The van der Waals surface area contributed by atoms with Crippen molar-refractivity contribution in [1.82, 2.24) is 20.5 Å². The number of thiazole rings is 1. The molecule has 1 N–H and O–H groups in total. The molecule has 0 atom stereocenters. The summed E-state index contributed by atoms with van der Waals surface area (Å²) in [6.07, 6.45) is 1.90. The van der Waals surface area contributed by atoms with Gasteiger partial charge in [-0.2, -0.15) is 0 Å². The smallest absolute Gasteiger partial charge is 0.208 e. The van der Waals surface area contributed by atoms with Gasteiger partial charge in [-0.25, -0.2) is 13.8 Å². The van der Waals surface area contributed by atoms with Crippen molar-refractivity contribution in [3.05, 3.63) is 34.5 Å². The van der Waals surface area contributed by atoms with Gasteiger partial charge in [0.1, 0.15) is 11.6 Å². The van der Waals surface area contributed by atoms with Gasteiger partial charge in [0.05, 0.1) is 21.1 Å². The number of aryl methyl sites for hydroxylation is 2. The van der Waals surface area contributed by atoms with Crippen molar-refractivity contribution in [2.45, 2.75) is 71.5 Å². The van der Waals surface area contributed by atoms with Crippen molar-refractivity contribution in [2.24, 2.45) is 0 Å². The van der Waals surface area contributed by atoms with Gasteiger partial charge in [-0.05, 0) is 66.5 Å². The number of hydrogen-bond acceptors (Lipinski definition) is 7. The molecule has 1 fully saturated rings. The molecule has 0 amide bonds. The standard InChI is InChI=1S/C23H29F2N5S2/c1-12-19(31-13(2)26-12)15-8-18(25)16(9-17(15)24)20-27-28-21(32-20)30(7)14-10-22(3,4)29-23(5,6)11-14/h8-9,14,29H,10-11H2,1-7H3. The lowest BCUT2D eigenvalue weighted by molar-refractivity contribution is 0.161. The molecule has 0 aliphatic carbocycles. The van der Waals surface area contributed by atoms with Crippen LogP contribution in [0.25, 0.3) is 21.0 Å². The van der Waals surface area contributed by atoms with Crippen LogP contribution in [0.1, 0.15) is 51.2 Å². The van der Waals surface area contributed by atoms with Gasteiger partial charge in [-0.3, -0.25) is 0 Å². The molecule has 0 unspecified atom stereocenters. The minimum Gasteiger partial charge on any atom is -0.347 e. The molecule has 1 aromatic carbocycles. The molecule has 1 aliphatic heterocycles. The molecule has 9 heteroatoms. The van der Waals surface area contributed by atoms with Crippen LogP contribution >= 0.6 is 22.7 Å². The number of benzene rings is 1. The van der Waals surface area contributed by atoms with E-state index in [4.69, 9.17) is 0 Å². The summed E-state index contributed by atoms with van der Waals surface area (Å²) in [5.41, 5.74) is 1.05. The highest BCUT2D eigenvalue weighted by atomic mass is 32.1. The maximum absolute atomic E-state index is 15.0. The molecule has 1 aliphatic rings. The van der Waals surface area contributed by atoms with E-state index in [0.717, 1.165) is 17.8 Å². The number of halogens is 2. The molecule has 32 heavy (non-hydrogen) atoms. The van der Waals surface area contributed by atoms with Crippen LogP contribution < -0.4 is 10.2 Å². The maximum Gasteiger partial charge on any atom is 0.208 e. The number of nitrogens with zero attached hydrogens (tertiary/aromatic N) is 4. The molecule has 2 aromatic heterocycles. The minimum atomic E-state index is -0.513. The van der Waals surface area contributed by atoms with Gasteiger partial charge >= 0.3 is 0 Å². The summed E-state index contributed by atoms with van der Waals surface area (Å²) in [7, 11) is 2.00. The summed E-state index contributed by atoms with van der Waals surface area (Å²) in [5.74, 6) is -0.999. The average molecular weight is 478 g/mol. The number of rotatable bonds is 4. The quantitative estimate of drug-likeness (QED) is 0.502. The van der Waals surface area contributed by atoms with Crippen LogP contribution in [0.5, 0.6) is 0 Å². The molecule has 3 heterocycles. The second-order valence-corrected chi connectivity index (χ2v) is 12.1. The highest BCUT2D eigenvalue weighted by Crippen LogP contribution is 2.39. The van der Waals surface area contributed by atoms with Gasteiger partial charge in [0, 0.05) is 29.7 Å². The van der Waals surface area contributed by atoms with Crippen LogP contribution in [0.3, 0.4) is 0 Å². The monoisotopic (exact) mass is 477 g/mol. The van der Waals surface area contributed by atoms with Gasteiger partial charge in [0.25, 0.3) is 0 Å². The molecular formula is C23H29F2N5S2. The first-order valence-corrected chi connectivity index (χ1v) is 12.3. The SMILES string of the molecule is Cc1nc(C)c(-c2cc(F)c(-c3nnc(N(C)C4CC(C)(C)NC(C)(C)C4)s3)cc2F)s1. The van der Waals surface area contributed by atoms with E-state index in [1.165, 1.54) is 34.8 Å². The lowest BCUT2D eigenvalue weighted by Gasteiger charge is -2.48. The molecule has 0 saturated carbocycles. The Hall–Kier alpha value is -1.97. The highest BCUT2D eigenvalue weighted by molar-refractivity contribution is 7.18. The Kier molecular flexibility index (Phi) is 5.88. The molecule has 3 aromatic rings. The summed E-state index contributed by atoms with van der Waals surface area (Å²) >= 11 is 2.65. The first-order valence-electron chi connectivity index (χ1n) is 10.6. The third-order valence-corrected chi connectivity index (χ3v) is 8.02. The summed E-state index contributed by atoms with van der Waals surface area (Å²) < 4.78 is 30.0. The summed E-state index contributed by atoms with van der Waals surface area (Å²) in [5, 5.41) is 14.1. The molecule has 4 rings (SSSR count). The number of anilines is 1. The van der Waals surface area contributed by atoms with E-state index >= 15 is 4.39 Å². The van der Waals surface area contributed by atoms with E-state index in [1.807, 2.05) is 14.0 Å². The van der Waals surface area contributed by atoms with E-state index in [1.54, 1.807) is 6.92 Å². The third-order valence-electron chi connectivity index (χ3n) is 5.87. The largest absolute Gasteiger partial charge is 0.347 e. The lowest BCUT2D eigenvalue weighted by Crippen LogP contribution is -2.61. The van der Waals surface area contributed by atoms with Crippen molar-refractivity contribution in [3.63, 3.8) is 0 Å². The fourth-order valence-electron chi connectivity index (χ4n) is 4.83. The topological polar surface area (TPSA) is 53.9 Å². The van der Waals surface area contributed by atoms with Crippen molar-refractivity contribution >= 4 is 27.8 Å². The number of aromatic nitrogens is 3. The number of piperidine rings is 1. The van der Waals surface area contributed by atoms with Gasteiger partial charge in [-0.15, -0.1) is 21.5 Å². The van der Waals surface area contributed by atoms with Crippen LogP contribution in [0, 0.1) is 25.5 Å². The number of hydrogen-bond donors (Lipinski definition) is 1. The minimum absolute atomic E-state index is 0.00754. The molecular weight excluding hydrogens is 448 g/mol. The van der Waals surface area contributed by atoms with E-state index in [9.17, 15) is 4.39 Å². The zero-order valence-corrected chi connectivity index (χ0v) is 21.1. The van der Waals surface area contributed by atoms with Gasteiger partial charge in [0.2, 0.25) is 5.13 Å². The normalized spacial score (nSPS) is 18.2. The van der Waals surface area contributed by atoms with Gasteiger partial charge in [0.15, 0.2) is 5.01 Å². The molecule has 0 radical (unpaired) electrons. The zero-order valence-electron chi connectivity index (χ0n) is 19.5. The fraction of sp³-hybridized carbons (Fsp3) is 0.522. The van der Waals surface area contributed by atoms with Crippen LogP contribution in [-0.2, 0) is 0 Å². The molecule has 0 spiro atoms. The third kappa shape index (κ3) is 4.56. The summed E-state index contributed by atoms with van der Waals surface area (Å²) in [6, 6.07) is 2.73. The Morgan fingerprint density at radius 1 is 0.969 bits per heavy atom. The van der Waals surface area contributed by atoms with Gasteiger partial charge in [-0.1, -0.05) is 11.3 Å². The first kappa shape index (κ1) is 23.2. The average Bonchev–Trinajstić information content (AvgIpc) is 3.26. The zero-order chi connectivity index (χ0) is 23.4. The Morgan fingerprint density at radius 3 is 2.16 bits per heavy atom. The molecule has 5 nitrogen and oxygen atoms in total. The molecule has 0 bridgehead atoms. The van der Waals surface area contributed by atoms with Gasteiger partial charge < -0.3 is 10.2 Å². The second-order valence-electron chi connectivity index (χ2n) is 9.91. The maximum atomic E-state index is 15.0. The number of nitrogens with one attached hydrogen (secondary N) is 1.